The summed E-state index contributed by atoms with van der Waals surface area (Å²) in [6, 6.07) is 17.6. The standard InChI is InChI=1S/C14H14NO.C7H8O4S/c1-12(16)14-7-9-15(10-8-14)11-13-5-3-2-4-6-13;1-5-2-3-6(8)4-7(5)12(9,10)11/h2-10H,11H2,1H3;2-4,8H,1H3,(H,9,10,11)/q+1;/p-1. The van der Waals surface area contributed by atoms with Gasteiger partial charge in [0.2, 0.25) is 0 Å². The van der Waals surface area contributed by atoms with Crippen molar-refractivity contribution in [2.45, 2.75) is 25.3 Å². The molecule has 0 fully saturated rings. The summed E-state index contributed by atoms with van der Waals surface area (Å²) in [7, 11) is -4.47. The third-order valence-electron chi connectivity index (χ3n) is 3.95. The lowest BCUT2D eigenvalue weighted by Gasteiger charge is -2.09. The first kappa shape index (κ1) is 21.3. The number of aryl methyl sites for hydroxylation is 1. The topological polar surface area (TPSA) is 98.4 Å². The molecule has 0 radical (unpaired) electrons. The Hall–Kier alpha value is -3.03. The molecule has 0 amide bonds. The normalized spacial score (nSPS) is 10.7. The van der Waals surface area contributed by atoms with Gasteiger partial charge in [-0.1, -0.05) is 36.4 Å². The highest BCUT2D eigenvalue weighted by atomic mass is 32.2. The van der Waals surface area contributed by atoms with Crippen molar-refractivity contribution in [3.8, 4) is 5.75 Å². The SMILES string of the molecule is CC(=O)c1cc[n+](Cc2ccccc2)cc1.Cc1ccc(O)cc1S(=O)(=O)[O-]. The van der Waals surface area contributed by atoms with Gasteiger partial charge in [-0.05, 0) is 31.5 Å². The predicted molar refractivity (Wildman–Crippen MR) is 103 cm³/mol. The Labute approximate surface area is 164 Å². The number of aromatic nitrogens is 1. The fourth-order valence-electron chi connectivity index (χ4n) is 2.45. The van der Waals surface area contributed by atoms with Gasteiger partial charge in [-0.25, -0.2) is 13.0 Å². The number of nitrogens with zero attached hydrogens (tertiary/aromatic N) is 1. The minimum atomic E-state index is -4.47. The van der Waals surface area contributed by atoms with Crippen molar-refractivity contribution in [1.29, 1.82) is 0 Å². The quantitative estimate of drug-likeness (QED) is 0.413. The van der Waals surface area contributed by atoms with E-state index in [0.717, 1.165) is 18.2 Å². The van der Waals surface area contributed by atoms with E-state index in [9.17, 15) is 17.8 Å². The lowest BCUT2D eigenvalue weighted by Crippen LogP contribution is -2.33. The maximum Gasteiger partial charge on any atom is 0.173 e. The van der Waals surface area contributed by atoms with Crippen molar-refractivity contribution in [2.24, 2.45) is 0 Å². The van der Waals surface area contributed by atoms with Crippen molar-refractivity contribution in [3.05, 3.63) is 89.7 Å². The van der Waals surface area contributed by atoms with Gasteiger partial charge in [0.25, 0.3) is 0 Å². The largest absolute Gasteiger partial charge is 0.744 e. The van der Waals surface area contributed by atoms with Crippen LogP contribution in [0.1, 0.15) is 28.4 Å². The third-order valence-corrected chi connectivity index (χ3v) is 4.93. The number of phenols is 1. The summed E-state index contributed by atoms with van der Waals surface area (Å²) >= 11 is 0. The monoisotopic (exact) mass is 399 g/mol. The Kier molecular flexibility index (Phi) is 7.03. The van der Waals surface area contributed by atoms with Crippen molar-refractivity contribution < 1.29 is 27.4 Å². The molecular formula is C21H21NO5S. The molecule has 0 saturated heterocycles. The van der Waals surface area contributed by atoms with Gasteiger partial charge in [-0.15, -0.1) is 0 Å². The van der Waals surface area contributed by atoms with E-state index in [4.69, 9.17) is 5.11 Å². The van der Waals surface area contributed by atoms with E-state index >= 15 is 0 Å². The molecule has 0 saturated carbocycles. The molecule has 3 rings (SSSR count). The number of Topliss-reactive ketones (excluding diaryl/α,β-unsaturated/α-hetero) is 1. The van der Waals surface area contributed by atoms with Crippen LogP contribution in [-0.2, 0) is 16.7 Å². The number of hydrogen-bond acceptors (Lipinski definition) is 5. The first-order valence-electron chi connectivity index (χ1n) is 8.46. The van der Waals surface area contributed by atoms with Gasteiger partial charge >= 0.3 is 0 Å². The summed E-state index contributed by atoms with van der Waals surface area (Å²) in [6.07, 6.45) is 3.87. The van der Waals surface area contributed by atoms with Crippen LogP contribution in [0.25, 0.3) is 0 Å². The lowest BCUT2D eigenvalue weighted by molar-refractivity contribution is -0.688. The highest BCUT2D eigenvalue weighted by molar-refractivity contribution is 7.85. The van der Waals surface area contributed by atoms with Crippen LogP contribution in [0.15, 0.2) is 78.0 Å². The van der Waals surface area contributed by atoms with Gasteiger partial charge in [-0.2, -0.15) is 0 Å². The maximum absolute atomic E-state index is 11.1. The molecule has 1 N–H and O–H groups in total. The number of aromatic hydroxyl groups is 1. The molecule has 6 nitrogen and oxygen atoms in total. The molecule has 3 aromatic rings. The van der Waals surface area contributed by atoms with E-state index in [1.54, 1.807) is 6.92 Å². The first-order chi connectivity index (χ1) is 13.2. The molecule has 0 aliphatic heterocycles. The number of phenolic OH excluding ortho intramolecular Hbond substituents is 1. The van der Waals surface area contributed by atoms with E-state index in [1.165, 1.54) is 24.6 Å². The second kappa shape index (κ2) is 9.25. The molecule has 1 aromatic heterocycles. The van der Waals surface area contributed by atoms with Crippen LogP contribution in [0.4, 0.5) is 0 Å². The molecule has 7 heteroatoms. The van der Waals surface area contributed by atoms with Crippen molar-refractivity contribution in [2.75, 3.05) is 0 Å². The predicted octanol–water partition coefficient (Wildman–Crippen LogP) is 2.83. The lowest BCUT2D eigenvalue weighted by atomic mass is 10.2. The van der Waals surface area contributed by atoms with Crippen molar-refractivity contribution >= 4 is 15.9 Å². The van der Waals surface area contributed by atoms with Gasteiger partial charge in [-0.3, -0.25) is 4.79 Å². The van der Waals surface area contributed by atoms with Crippen LogP contribution in [0.5, 0.6) is 5.75 Å². The highest BCUT2D eigenvalue weighted by Crippen LogP contribution is 2.19. The smallest absolute Gasteiger partial charge is 0.173 e. The number of rotatable bonds is 4. The second-order valence-corrected chi connectivity index (χ2v) is 7.55. The summed E-state index contributed by atoms with van der Waals surface area (Å²) in [5, 5.41) is 8.90. The number of carbonyl (C=O) groups is 1. The minimum Gasteiger partial charge on any atom is -0.744 e. The van der Waals surface area contributed by atoms with Crippen molar-refractivity contribution in [3.63, 3.8) is 0 Å². The molecule has 0 atom stereocenters. The first-order valence-corrected chi connectivity index (χ1v) is 9.87. The number of carbonyl (C=O) groups excluding carboxylic acids is 1. The molecule has 2 aromatic carbocycles. The Morgan fingerprint density at radius 3 is 2.14 bits per heavy atom. The molecular weight excluding hydrogens is 378 g/mol. The Morgan fingerprint density at radius 1 is 1.04 bits per heavy atom. The molecule has 0 spiro atoms. The summed E-state index contributed by atoms with van der Waals surface area (Å²) < 4.78 is 33.7. The molecule has 28 heavy (non-hydrogen) atoms. The number of benzene rings is 2. The van der Waals surface area contributed by atoms with Crippen LogP contribution in [-0.4, -0.2) is 23.9 Å². The van der Waals surface area contributed by atoms with E-state index in [2.05, 4.69) is 16.7 Å². The Morgan fingerprint density at radius 2 is 1.64 bits per heavy atom. The summed E-state index contributed by atoms with van der Waals surface area (Å²) in [5.74, 6) is -0.123. The number of hydrogen-bond donors (Lipinski definition) is 1. The Balaban J connectivity index is 0.000000209. The summed E-state index contributed by atoms with van der Waals surface area (Å²) in [4.78, 5) is 10.7. The van der Waals surface area contributed by atoms with E-state index in [1.807, 2.05) is 42.7 Å². The molecule has 0 bridgehead atoms. The fourth-order valence-corrected chi connectivity index (χ4v) is 3.18. The molecule has 146 valence electrons. The van der Waals surface area contributed by atoms with Crippen LogP contribution in [0.3, 0.4) is 0 Å². The minimum absolute atomic E-state index is 0.104. The molecule has 0 unspecified atom stereocenters. The zero-order valence-corrected chi connectivity index (χ0v) is 16.4. The average molecular weight is 399 g/mol. The van der Waals surface area contributed by atoms with E-state index in [0.29, 0.717) is 5.56 Å². The van der Waals surface area contributed by atoms with Gasteiger partial charge in [0.15, 0.2) is 24.7 Å². The van der Waals surface area contributed by atoms with Gasteiger partial charge < -0.3 is 9.66 Å². The van der Waals surface area contributed by atoms with Crippen LogP contribution in [0, 0.1) is 6.92 Å². The van der Waals surface area contributed by atoms with Crippen molar-refractivity contribution in [1.82, 2.24) is 0 Å². The highest BCUT2D eigenvalue weighted by Gasteiger charge is 2.06. The zero-order valence-electron chi connectivity index (χ0n) is 15.6. The molecule has 0 aliphatic carbocycles. The summed E-state index contributed by atoms with van der Waals surface area (Å²) in [5.41, 5.74) is 2.34. The van der Waals surface area contributed by atoms with Gasteiger partial charge in [0.1, 0.15) is 15.9 Å². The fraction of sp³-hybridized carbons (Fsp3) is 0.143. The number of ketones is 1. The summed E-state index contributed by atoms with van der Waals surface area (Å²) in [6.45, 7) is 3.90. The van der Waals surface area contributed by atoms with Gasteiger partial charge in [0, 0.05) is 23.3 Å². The average Bonchev–Trinajstić information content (AvgIpc) is 2.65. The Bertz CT molecular complexity index is 1050. The third kappa shape index (κ3) is 6.29. The maximum atomic E-state index is 11.1. The molecule has 0 aliphatic rings. The van der Waals surface area contributed by atoms with Crippen LogP contribution in [0.2, 0.25) is 0 Å². The van der Waals surface area contributed by atoms with Gasteiger partial charge in [0.05, 0.1) is 4.90 Å². The van der Waals surface area contributed by atoms with Crippen LogP contribution < -0.4 is 4.57 Å². The van der Waals surface area contributed by atoms with E-state index < -0.39 is 10.1 Å². The van der Waals surface area contributed by atoms with E-state index in [-0.39, 0.29) is 16.4 Å². The number of pyridine rings is 1. The van der Waals surface area contributed by atoms with Crippen LogP contribution >= 0.6 is 0 Å². The zero-order chi connectivity index (χ0) is 20.7. The second-order valence-electron chi connectivity index (χ2n) is 6.20. The molecule has 1 heterocycles.